The van der Waals surface area contributed by atoms with Gasteiger partial charge in [-0.05, 0) is 43.0 Å². The van der Waals surface area contributed by atoms with Crippen LogP contribution in [0.4, 0.5) is 5.69 Å². The number of furan rings is 1. The van der Waals surface area contributed by atoms with E-state index in [1.807, 2.05) is 45.0 Å². The molecule has 0 aliphatic carbocycles. The topological polar surface area (TPSA) is 94.2 Å². The molecule has 1 saturated heterocycles. The number of para-hydroxylation sites is 1. The molecule has 0 bridgehead atoms. The first-order valence-corrected chi connectivity index (χ1v) is 11.8. The van der Waals surface area contributed by atoms with Crippen LogP contribution in [0.1, 0.15) is 27.2 Å². The van der Waals surface area contributed by atoms with E-state index in [1.54, 1.807) is 11.2 Å². The van der Waals surface area contributed by atoms with Crippen LogP contribution in [0.2, 0.25) is 0 Å². The van der Waals surface area contributed by atoms with Gasteiger partial charge >= 0.3 is 5.97 Å². The minimum Gasteiger partial charge on any atom is -0.479 e. The van der Waals surface area contributed by atoms with Gasteiger partial charge in [-0.15, -0.1) is 0 Å². The van der Waals surface area contributed by atoms with Gasteiger partial charge in [-0.3, -0.25) is 4.79 Å². The van der Waals surface area contributed by atoms with Crippen molar-refractivity contribution in [3.05, 3.63) is 54.8 Å². The number of carboxylic acid groups (broad SMARTS) is 1. The molecule has 180 valence electrons. The summed E-state index contributed by atoms with van der Waals surface area (Å²) in [6, 6.07) is 16.2. The molecule has 7 nitrogen and oxygen atoms in total. The Morgan fingerprint density at radius 2 is 1.79 bits per heavy atom. The van der Waals surface area contributed by atoms with Crippen molar-refractivity contribution in [1.82, 2.24) is 4.90 Å². The number of aliphatic hydroxyl groups is 1. The molecule has 1 aromatic heterocycles. The zero-order valence-electron chi connectivity index (χ0n) is 19.8. The van der Waals surface area contributed by atoms with Gasteiger partial charge in [0.15, 0.2) is 6.10 Å². The average Bonchev–Trinajstić information content (AvgIpc) is 3.26. The molecule has 0 spiro atoms. The van der Waals surface area contributed by atoms with E-state index in [0.29, 0.717) is 26.1 Å². The predicted octanol–water partition coefficient (Wildman–Crippen LogP) is 4.24. The number of carbonyl (C=O) groups excluding carboxylic acids is 1. The normalized spacial score (nSPS) is 18.3. The molecule has 34 heavy (non-hydrogen) atoms. The molecule has 3 atom stereocenters. The molecule has 4 rings (SSSR count). The van der Waals surface area contributed by atoms with Crippen LogP contribution in [0.15, 0.2) is 59.2 Å². The van der Waals surface area contributed by atoms with Crippen LogP contribution < -0.4 is 4.90 Å². The highest BCUT2D eigenvalue weighted by atomic mass is 16.4. The van der Waals surface area contributed by atoms with Crippen LogP contribution in [0.5, 0.6) is 0 Å². The van der Waals surface area contributed by atoms with E-state index in [1.165, 1.54) is 0 Å². The molecule has 1 aliphatic rings. The molecule has 1 amide bonds. The number of aliphatic hydroxyl groups excluding tert-OH is 1. The van der Waals surface area contributed by atoms with Crippen LogP contribution in [0.25, 0.3) is 22.1 Å². The number of carboxylic acids is 1. The smallest absolute Gasteiger partial charge is 0.333 e. The summed E-state index contributed by atoms with van der Waals surface area (Å²) < 4.78 is 5.67. The Morgan fingerprint density at radius 1 is 1.09 bits per heavy atom. The fraction of sp³-hybridized carbons (Fsp3) is 0.407. The van der Waals surface area contributed by atoms with Crippen molar-refractivity contribution in [1.29, 1.82) is 0 Å². The lowest BCUT2D eigenvalue weighted by Gasteiger charge is -2.42. The summed E-state index contributed by atoms with van der Waals surface area (Å²) in [6.07, 6.45) is 0.431. The summed E-state index contributed by atoms with van der Waals surface area (Å²) in [6.45, 7) is 7.57. The molecule has 0 radical (unpaired) electrons. The molecule has 2 N–H and O–H groups in total. The third-order valence-electron chi connectivity index (χ3n) is 6.61. The van der Waals surface area contributed by atoms with E-state index >= 15 is 0 Å². The molecule has 7 heteroatoms. The Kier molecular flexibility index (Phi) is 6.93. The van der Waals surface area contributed by atoms with Gasteiger partial charge < -0.3 is 24.4 Å². The van der Waals surface area contributed by atoms with E-state index in [-0.39, 0.29) is 17.9 Å². The minimum absolute atomic E-state index is 0.102. The highest BCUT2D eigenvalue weighted by Crippen LogP contribution is 2.32. The summed E-state index contributed by atoms with van der Waals surface area (Å²) >= 11 is 0. The van der Waals surface area contributed by atoms with Crippen molar-refractivity contribution in [2.75, 3.05) is 24.5 Å². The lowest BCUT2D eigenvalue weighted by Crippen LogP contribution is -2.57. The van der Waals surface area contributed by atoms with E-state index in [0.717, 1.165) is 27.8 Å². The van der Waals surface area contributed by atoms with Gasteiger partial charge in [0.05, 0.1) is 12.2 Å². The zero-order chi connectivity index (χ0) is 24.4. The highest BCUT2D eigenvalue weighted by molar-refractivity contribution is 5.94. The number of anilines is 1. The molecule has 0 unspecified atom stereocenters. The van der Waals surface area contributed by atoms with E-state index < -0.39 is 18.0 Å². The number of benzene rings is 2. The predicted molar refractivity (Wildman–Crippen MR) is 132 cm³/mol. The summed E-state index contributed by atoms with van der Waals surface area (Å²) in [5.41, 5.74) is 4.06. The largest absolute Gasteiger partial charge is 0.479 e. The van der Waals surface area contributed by atoms with Crippen LogP contribution >= 0.6 is 0 Å². The maximum absolute atomic E-state index is 13.2. The van der Waals surface area contributed by atoms with Gasteiger partial charge in [-0.2, -0.15) is 0 Å². The number of nitrogens with zero attached hydrogens (tertiary/aromatic N) is 2. The Balaban J connectivity index is 1.45. The van der Waals surface area contributed by atoms with Crippen molar-refractivity contribution in [3.8, 4) is 11.1 Å². The highest BCUT2D eigenvalue weighted by Gasteiger charge is 2.38. The van der Waals surface area contributed by atoms with Gasteiger partial charge in [0, 0.05) is 42.3 Å². The van der Waals surface area contributed by atoms with Gasteiger partial charge in [-0.25, -0.2) is 4.79 Å². The third kappa shape index (κ3) is 4.80. The first-order valence-electron chi connectivity index (χ1n) is 11.8. The van der Waals surface area contributed by atoms with Crippen molar-refractivity contribution in [2.45, 2.75) is 39.3 Å². The van der Waals surface area contributed by atoms with Crippen molar-refractivity contribution < 1.29 is 24.2 Å². The molecule has 1 fully saturated rings. The van der Waals surface area contributed by atoms with Crippen LogP contribution in [0.3, 0.4) is 0 Å². The second-order valence-corrected chi connectivity index (χ2v) is 9.54. The standard InChI is InChI=1S/C27H32N2O5/c1-17(2)14-22(25(30)27(32)33)26(31)29-13-12-28(15-18(29)3)20-10-8-19(9-11-20)23-16-34-24-7-5-4-6-21(23)24/h4-11,16-18,22,25,30H,12-15H2,1-3H3,(H,32,33)/t18-,22+,25+/m1/s1. The first kappa shape index (κ1) is 23.8. The van der Waals surface area contributed by atoms with Gasteiger partial charge in [0.2, 0.25) is 5.91 Å². The number of hydrogen-bond donors (Lipinski definition) is 2. The summed E-state index contributed by atoms with van der Waals surface area (Å²) in [5, 5.41) is 20.5. The fourth-order valence-corrected chi connectivity index (χ4v) is 4.83. The molecular weight excluding hydrogens is 432 g/mol. The quantitative estimate of drug-likeness (QED) is 0.543. The lowest BCUT2D eigenvalue weighted by molar-refractivity contribution is -0.158. The van der Waals surface area contributed by atoms with E-state index in [9.17, 15) is 19.8 Å². The number of hydrogen-bond acceptors (Lipinski definition) is 5. The Morgan fingerprint density at radius 3 is 2.44 bits per heavy atom. The van der Waals surface area contributed by atoms with Gasteiger partial charge in [-0.1, -0.05) is 44.2 Å². The summed E-state index contributed by atoms with van der Waals surface area (Å²) in [4.78, 5) is 28.5. The maximum Gasteiger partial charge on any atom is 0.333 e. The second-order valence-electron chi connectivity index (χ2n) is 9.54. The Bertz CT molecular complexity index is 1150. The fourth-order valence-electron chi connectivity index (χ4n) is 4.83. The number of piperazine rings is 1. The van der Waals surface area contributed by atoms with E-state index in [2.05, 4.69) is 29.2 Å². The Hall–Kier alpha value is -3.32. The number of aliphatic carboxylic acids is 1. The molecule has 2 heterocycles. The maximum atomic E-state index is 13.2. The van der Waals surface area contributed by atoms with Crippen molar-refractivity contribution in [3.63, 3.8) is 0 Å². The van der Waals surface area contributed by atoms with Crippen LogP contribution in [-0.4, -0.2) is 58.8 Å². The second kappa shape index (κ2) is 9.89. The Labute approximate surface area is 199 Å². The minimum atomic E-state index is -1.69. The lowest BCUT2D eigenvalue weighted by atomic mass is 9.90. The average molecular weight is 465 g/mol. The monoisotopic (exact) mass is 464 g/mol. The van der Waals surface area contributed by atoms with Crippen molar-refractivity contribution >= 4 is 28.5 Å². The number of fused-ring (bicyclic) bond motifs is 1. The van der Waals surface area contributed by atoms with Gasteiger partial charge in [0.1, 0.15) is 5.58 Å². The zero-order valence-corrected chi connectivity index (χ0v) is 19.8. The van der Waals surface area contributed by atoms with Crippen LogP contribution in [-0.2, 0) is 9.59 Å². The number of carbonyl (C=O) groups is 2. The molecule has 0 saturated carbocycles. The van der Waals surface area contributed by atoms with Crippen molar-refractivity contribution in [2.24, 2.45) is 11.8 Å². The van der Waals surface area contributed by atoms with Gasteiger partial charge in [0.25, 0.3) is 0 Å². The molecule has 1 aliphatic heterocycles. The molecule has 2 aromatic carbocycles. The summed E-state index contributed by atoms with van der Waals surface area (Å²) in [5.74, 6) is -2.46. The van der Waals surface area contributed by atoms with E-state index in [4.69, 9.17) is 4.42 Å². The number of amides is 1. The third-order valence-corrected chi connectivity index (χ3v) is 6.61. The number of rotatable bonds is 7. The molecule has 3 aromatic rings. The first-order chi connectivity index (χ1) is 16.3. The van der Waals surface area contributed by atoms with Crippen LogP contribution in [0, 0.1) is 11.8 Å². The SMILES string of the molecule is CC(C)C[C@H](C(=O)N1CCN(c2ccc(-c3coc4ccccc34)cc2)C[C@H]1C)[C@H](O)C(=O)O. The molecular formula is C27H32N2O5. The summed E-state index contributed by atoms with van der Waals surface area (Å²) in [7, 11) is 0.